The zero-order chi connectivity index (χ0) is 19.3. The van der Waals surface area contributed by atoms with Crippen LogP contribution in [0.1, 0.15) is 57.8 Å². The van der Waals surface area contributed by atoms with Gasteiger partial charge in [-0.3, -0.25) is 9.79 Å². The first-order valence-corrected chi connectivity index (χ1v) is 10.5. The van der Waals surface area contributed by atoms with Gasteiger partial charge in [-0.2, -0.15) is 0 Å². The number of halogens is 1. The zero-order valence-corrected chi connectivity index (χ0v) is 19.8. The van der Waals surface area contributed by atoms with Crippen molar-refractivity contribution in [3.63, 3.8) is 0 Å². The number of hydrogen-bond donors (Lipinski definition) is 1. The average Bonchev–Trinajstić information content (AvgIpc) is 2.73. The maximum atomic E-state index is 11.1. The molecule has 2 fully saturated rings. The van der Waals surface area contributed by atoms with E-state index in [0.717, 1.165) is 77.3 Å². The van der Waals surface area contributed by atoms with E-state index in [1.54, 1.807) is 0 Å². The molecule has 0 radical (unpaired) electrons. The molecule has 0 aromatic heterocycles. The molecule has 0 amide bonds. The van der Waals surface area contributed by atoms with Gasteiger partial charge >= 0.3 is 5.97 Å². The van der Waals surface area contributed by atoms with Gasteiger partial charge in [-0.05, 0) is 44.9 Å². The Bertz CT molecular complexity index is 451. The lowest BCUT2D eigenvalue weighted by atomic mass is 10.1. The number of unbranched alkanes of at least 4 members (excludes halogenated alkanes) is 2. The molecule has 1 unspecified atom stereocenters. The summed E-state index contributed by atoms with van der Waals surface area (Å²) in [6.45, 7) is 4.44. The number of guanidine groups is 1. The summed E-state index contributed by atoms with van der Waals surface area (Å²) < 4.78 is 16.5. The SMILES string of the molecule is CN=C(NCCCCCC(=O)OC)N1CCC(OCC2CCCCO2)CC1.I. The standard InChI is InChI=1S/C20H37N3O4.HI/c1-21-20(22-12-6-3-4-9-19(24)25-2)23-13-10-17(11-14-23)27-16-18-8-5-7-15-26-18;/h17-18H,3-16H2,1-2H3,(H,21,22);1H. The Morgan fingerprint density at radius 3 is 2.61 bits per heavy atom. The van der Waals surface area contributed by atoms with Crippen LogP contribution in [0.25, 0.3) is 0 Å². The Morgan fingerprint density at radius 1 is 1.18 bits per heavy atom. The molecule has 0 aromatic rings. The van der Waals surface area contributed by atoms with E-state index < -0.39 is 0 Å². The van der Waals surface area contributed by atoms with Crippen molar-refractivity contribution in [2.24, 2.45) is 4.99 Å². The quantitative estimate of drug-likeness (QED) is 0.169. The fourth-order valence-corrected chi connectivity index (χ4v) is 3.62. The molecular formula is C20H38IN3O4. The molecule has 28 heavy (non-hydrogen) atoms. The number of nitrogens with zero attached hydrogens (tertiary/aromatic N) is 2. The summed E-state index contributed by atoms with van der Waals surface area (Å²) >= 11 is 0. The van der Waals surface area contributed by atoms with Crippen LogP contribution in [0.5, 0.6) is 0 Å². The highest BCUT2D eigenvalue weighted by Gasteiger charge is 2.23. The third-order valence-electron chi connectivity index (χ3n) is 5.31. The maximum Gasteiger partial charge on any atom is 0.305 e. The Balaban J connectivity index is 0.00000392. The molecule has 1 N–H and O–H groups in total. The van der Waals surface area contributed by atoms with Crippen LogP contribution in [0.4, 0.5) is 0 Å². The van der Waals surface area contributed by atoms with Gasteiger partial charge in [0.1, 0.15) is 0 Å². The van der Waals surface area contributed by atoms with E-state index in [9.17, 15) is 4.79 Å². The molecular weight excluding hydrogens is 473 g/mol. The van der Waals surface area contributed by atoms with Crippen LogP contribution < -0.4 is 5.32 Å². The van der Waals surface area contributed by atoms with Gasteiger partial charge in [0.05, 0.1) is 25.9 Å². The molecule has 0 saturated carbocycles. The summed E-state index contributed by atoms with van der Waals surface area (Å²) in [7, 11) is 3.27. The van der Waals surface area contributed by atoms with Gasteiger partial charge < -0.3 is 24.4 Å². The predicted octanol–water partition coefficient (Wildman–Crippen LogP) is 2.96. The molecule has 2 rings (SSSR count). The van der Waals surface area contributed by atoms with E-state index in [0.29, 0.717) is 18.6 Å². The van der Waals surface area contributed by atoms with Gasteiger partial charge in [0, 0.05) is 39.7 Å². The third kappa shape index (κ3) is 9.73. The largest absolute Gasteiger partial charge is 0.469 e. The Labute approximate surface area is 187 Å². The van der Waals surface area contributed by atoms with Gasteiger partial charge in [0.25, 0.3) is 0 Å². The lowest BCUT2D eigenvalue weighted by molar-refractivity contribution is -0.140. The van der Waals surface area contributed by atoms with E-state index in [-0.39, 0.29) is 29.9 Å². The van der Waals surface area contributed by atoms with Crippen molar-refractivity contribution in [1.29, 1.82) is 0 Å². The summed E-state index contributed by atoms with van der Waals surface area (Å²) in [4.78, 5) is 17.8. The lowest BCUT2D eigenvalue weighted by Crippen LogP contribution is -2.47. The molecule has 7 nitrogen and oxygen atoms in total. The molecule has 0 aromatic carbocycles. The second kappa shape index (κ2) is 15.3. The zero-order valence-electron chi connectivity index (χ0n) is 17.5. The number of likely N-dealkylation sites (tertiary alicyclic amines) is 1. The van der Waals surface area contributed by atoms with Crippen molar-refractivity contribution >= 4 is 35.9 Å². The van der Waals surface area contributed by atoms with Gasteiger partial charge in [-0.25, -0.2) is 0 Å². The van der Waals surface area contributed by atoms with Crippen LogP contribution in [-0.2, 0) is 19.0 Å². The topological polar surface area (TPSA) is 72.4 Å². The molecule has 1 atom stereocenters. The van der Waals surface area contributed by atoms with Gasteiger partial charge in [0.15, 0.2) is 5.96 Å². The van der Waals surface area contributed by atoms with Crippen molar-refractivity contribution in [3.8, 4) is 0 Å². The van der Waals surface area contributed by atoms with E-state index in [1.165, 1.54) is 20.0 Å². The van der Waals surface area contributed by atoms with Crippen molar-refractivity contribution < 1.29 is 19.0 Å². The van der Waals surface area contributed by atoms with Crippen LogP contribution in [0, 0.1) is 0 Å². The Morgan fingerprint density at radius 2 is 1.96 bits per heavy atom. The number of esters is 1. The number of ether oxygens (including phenoxy) is 3. The third-order valence-corrected chi connectivity index (χ3v) is 5.31. The summed E-state index contributed by atoms with van der Waals surface area (Å²) in [5.74, 6) is 0.843. The number of piperidine rings is 1. The number of carbonyl (C=O) groups excluding carboxylic acids is 1. The summed E-state index contributed by atoms with van der Waals surface area (Å²) in [6.07, 6.45) is 9.70. The van der Waals surface area contributed by atoms with Crippen molar-refractivity contribution in [2.75, 3.05) is 47.0 Å². The normalized spacial score (nSPS) is 21.1. The molecule has 2 aliphatic rings. The number of methoxy groups -OCH3 is 1. The molecule has 0 spiro atoms. The fraction of sp³-hybridized carbons (Fsp3) is 0.900. The molecule has 2 saturated heterocycles. The highest BCUT2D eigenvalue weighted by Crippen LogP contribution is 2.18. The summed E-state index contributed by atoms with van der Waals surface area (Å²) in [5, 5.41) is 3.44. The molecule has 8 heteroatoms. The average molecular weight is 511 g/mol. The summed E-state index contributed by atoms with van der Waals surface area (Å²) in [6, 6.07) is 0. The first kappa shape index (κ1) is 25.4. The van der Waals surface area contributed by atoms with Crippen molar-refractivity contribution in [3.05, 3.63) is 0 Å². The minimum Gasteiger partial charge on any atom is -0.469 e. The maximum absolute atomic E-state index is 11.1. The Kier molecular flexibility index (Phi) is 13.9. The van der Waals surface area contributed by atoms with Crippen LogP contribution in [0.2, 0.25) is 0 Å². The van der Waals surface area contributed by atoms with Crippen LogP contribution >= 0.6 is 24.0 Å². The first-order valence-electron chi connectivity index (χ1n) is 10.5. The second-order valence-corrected chi connectivity index (χ2v) is 7.37. The fourth-order valence-electron chi connectivity index (χ4n) is 3.62. The number of hydrogen-bond acceptors (Lipinski definition) is 5. The van der Waals surface area contributed by atoms with Gasteiger partial charge in [-0.15, -0.1) is 24.0 Å². The minimum absolute atomic E-state index is 0. The summed E-state index contributed by atoms with van der Waals surface area (Å²) in [5.41, 5.74) is 0. The van der Waals surface area contributed by atoms with Crippen molar-refractivity contribution in [2.45, 2.75) is 70.0 Å². The molecule has 164 valence electrons. The highest BCUT2D eigenvalue weighted by atomic mass is 127. The first-order chi connectivity index (χ1) is 13.2. The number of rotatable bonds is 9. The predicted molar refractivity (Wildman–Crippen MR) is 121 cm³/mol. The van der Waals surface area contributed by atoms with Gasteiger partial charge in [-0.1, -0.05) is 6.42 Å². The number of carbonyl (C=O) groups is 1. The van der Waals surface area contributed by atoms with Crippen LogP contribution in [0.3, 0.4) is 0 Å². The smallest absolute Gasteiger partial charge is 0.305 e. The molecule has 2 aliphatic heterocycles. The number of aliphatic imine (C=N–C) groups is 1. The number of nitrogens with one attached hydrogen (secondary N) is 1. The highest BCUT2D eigenvalue weighted by molar-refractivity contribution is 14.0. The van der Waals surface area contributed by atoms with Crippen molar-refractivity contribution in [1.82, 2.24) is 10.2 Å². The molecule has 0 bridgehead atoms. The van der Waals surface area contributed by atoms with E-state index in [4.69, 9.17) is 9.47 Å². The Hall–Kier alpha value is -0.610. The van der Waals surface area contributed by atoms with Crippen LogP contribution in [0.15, 0.2) is 4.99 Å². The molecule has 0 aliphatic carbocycles. The van der Waals surface area contributed by atoms with E-state index >= 15 is 0 Å². The van der Waals surface area contributed by atoms with E-state index in [1.807, 2.05) is 7.05 Å². The monoisotopic (exact) mass is 511 g/mol. The molecule has 2 heterocycles. The lowest BCUT2D eigenvalue weighted by Gasteiger charge is -2.35. The van der Waals surface area contributed by atoms with E-state index in [2.05, 4.69) is 19.9 Å². The van der Waals surface area contributed by atoms with Gasteiger partial charge in [0.2, 0.25) is 0 Å². The minimum atomic E-state index is -0.126. The van der Waals surface area contributed by atoms with Crippen LogP contribution in [-0.4, -0.2) is 76.0 Å². The second-order valence-electron chi connectivity index (χ2n) is 7.37.